The number of rotatable bonds is 4. The topological polar surface area (TPSA) is 75.7 Å². The maximum atomic E-state index is 13.1. The van der Waals surface area contributed by atoms with Crippen molar-refractivity contribution in [2.75, 3.05) is 20.2 Å². The molecule has 2 aromatic rings. The number of benzene rings is 2. The number of methoxy groups -OCH3 is 1. The van der Waals surface area contributed by atoms with E-state index in [1.807, 2.05) is 25.1 Å². The molecule has 1 atom stereocenters. The van der Waals surface area contributed by atoms with E-state index in [0.29, 0.717) is 11.3 Å². The van der Waals surface area contributed by atoms with Crippen LogP contribution in [0.1, 0.15) is 17.2 Å². The summed E-state index contributed by atoms with van der Waals surface area (Å²) in [5, 5.41) is 2.76. The molecular formula is C18H20N2O4S. The van der Waals surface area contributed by atoms with Crippen LogP contribution in [0.2, 0.25) is 0 Å². The van der Waals surface area contributed by atoms with Gasteiger partial charge in [0.05, 0.1) is 12.0 Å². The van der Waals surface area contributed by atoms with Crippen molar-refractivity contribution in [3.05, 3.63) is 59.7 Å². The molecule has 1 amide bonds. The van der Waals surface area contributed by atoms with Crippen LogP contribution in [0.4, 0.5) is 0 Å². The van der Waals surface area contributed by atoms with Gasteiger partial charge in [-0.05, 0) is 42.3 Å². The molecule has 0 bridgehead atoms. The number of hydrogen-bond acceptors (Lipinski definition) is 4. The lowest BCUT2D eigenvalue weighted by atomic mass is 9.99. The summed E-state index contributed by atoms with van der Waals surface area (Å²) in [7, 11) is -2.30. The Morgan fingerprint density at radius 2 is 1.80 bits per heavy atom. The van der Waals surface area contributed by atoms with Gasteiger partial charge < -0.3 is 10.1 Å². The van der Waals surface area contributed by atoms with Crippen LogP contribution in [0.25, 0.3) is 0 Å². The lowest BCUT2D eigenvalue weighted by molar-refractivity contribution is -0.126. The van der Waals surface area contributed by atoms with Gasteiger partial charge in [-0.15, -0.1) is 0 Å². The van der Waals surface area contributed by atoms with Crippen molar-refractivity contribution in [3.63, 3.8) is 0 Å². The minimum absolute atomic E-state index is 0.140. The molecule has 1 aliphatic rings. The Labute approximate surface area is 147 Å². The molecule has 0 spiro atoms. The van der Waals surface area contributed by atoms with Crippen LogP contribution in [0.15, 0.2) is 53.4 Å². The Hall–Kier alpha value is -2.38. The third kappa shape index (κ3) is 3.25. The normalized spacial score (nSPS) is 18.6. The van der Waals surface area contributed by atoms with E-state index < -0.39 is 16.1 Å². The molecule has 3 rings (SSSR count). The third-order valence-electron chi connectivity index (χ3n) is 4.32. The summed E-state index contributed by atoms with van der Waals surface area (Å²) < 4.78 is 32.6. The fraction of sp³-hybridized carbons (Fsp3) is 0.278. The lowest BCUT2D eigenvalue weighted by Gasteiger charge is -2.35. The Morgan fingerprint density at radius 1 is 1.12 bits per heavy atom. The number of piperazine rings is 1. The zero-order valence-corrected chi connectivity index (χ0v) is 14.9. The zero-order valence-electron chi connectivity index (χ0n) is 14.1. The van der Waals surface area contributed by atoms with E-state index in [0.717, 1.165) is 5.56 Å². The number of amides is 1. The summed E-state index contributed by atoms with van der Waals surface area (Å²) >= 11 is 0. The van der Waals surface area contributed by atoms with E-state index >= 15 is 0 Å². The van der Waals surface area contributed by atoms with Gasteiger partial charge in [0.1, 0.15) is 11.8 Å². The molecule has 1 N–H and O–H groups in total. The van der Waals surface area contributed by atoms with Crippen LogP contribution < -0.4 is 10.1 Å². The molecule has 0 aliphatic carbocycles. The van der Waals surface area contributed by atoms with E-state index in [2.05, 4.69) is 5.32 Å². The largest absolute Gasteiger partial charge is 0.497 e. The first-order chi connectivity index (χ1) is 11.9. The number of aryl methyl sites for hydroxylation is 1. The van der Waals surface area contributed by atoms with Crippen molar-refractivity contribution in [1.29, 1.82) is 0 Å². The van der Waals surface area contributed by atoms with Crippen molar-refractivity contribution < 1.29 is 17.9 Å². The summed E-state index contributed by atoms with van der Waals surface area (Å²) in [6.07, 6.45) is 0. The second-order valence-corrected chi connectivity index (χ2v) is 7.73. The lowest BCUT2D eigenvalue weighted by Crippen LogP contribution is -2.52. The number of carbonyl (C=O) groups is 1. The van der Waals surface area contributed by atoms with Crippen LogP contribution in [0, 0.1) is 6.92 Å². The molecule has 0 radical (unpaired) electrons. The van der Waals surface area contributed by atoms with Gasteiger partial charge in [-0.25, -0.2) is 8.42 Å². The maximum absolute atomic E-state index is 13.1. The van der Waals surface area contributed by atoms with E-state index in [1.165, 1.54) is 23.5 Å². The van der Waals surface area contributed by atoms with Gasteiger partial charge in [0.25, 0.3) is 0 Å². The summed E-state index contributed by atoms with van der Waals surface area (Å²) in [6.45, 7) is 2.38. The highest BCUT2D eigenvalue weighted by molar-refractivity contribution is 7.89. The average molecular weight is 360 g/mol. The summed E-state index contributed by atoms with van der Waals surface area (Å²) in [5.41, 5.74) is 1.57. The van der Waals surface area contributed by atoms with Gasteiger partial charge in [0.15, 0.2) is 0 Å². The summed E-state index contributed by atoms with van der Waals surface area (Å²) in [5.74, 6) is 0.267. The Bertz CT molecular complexity index is 878. The van der Waals surface area contributed by atoms with Gasteiger partial charge in [0, 0.05) is 13.1 Å². The fourth-order valence-corrected chi connectivity index (χ4v) is 4.55. The minimum atomic E-state index is -3.82. The summed E-state index contributed by atoms with van der Waals surface area (Å²) in [4.78, 5) is 12.6. The second-order valence-electron chi connectivity index (χ2n) is 5.84. The van der Waals surface area contributed by atoms with E-state index in [-0.39, 0.29) is 23.9 Å². The first-order valence-electron chi connectivity index (χ1n) is 7.94. The van der Waals surface area contributed by atoms with Crippen molar-refractivity contribution in [3.8, 4) is 5.75 Å². The van der Waals surface area contributed by atoms with Crippen LogP contribution in [0.5, 0.6) is 5.75 Å². The first kappa shape index (κ1) is 17.4. The first-order valence-corrected chi connectivity index (χ1v) is 9.38. The number of hydrogen-bond donors (Lipinski definition) is 1. The molecule has 1 unspecified atom stereocenters. The highest BCUT2D eigenvalue weighted by atomic mass is 32.2. The molecule has 1 heterocycles. The quantitative estimate of drug-likeness (QED) is 0.903. The van der Waals surface area contributed by atoms with Crippen molar-refractivity contribution in [2.45, 2.75) is 17.9 Å². The Kier molecular flexibility index (Phi) is 4.78. The third-order valence-corrected chi connectivity index (χ3v) is 6.20. The molecule has 132 valence electrons. The SMILES string of the molecule is COc1ccc(S(=O)(=O)N2CCNC(=O)C2c2ccccc2C)cc1. The van der Waals surface area contributed by atoms with Crippen LogP contribution in [-0.2, 0) is 14.8 Å². The van der Waals surface area contributed by atoms with Gasteiger partial charge in [-0.3, -0.25) is 4.79 Å². The zero-order chi connectivity index (χ0) is 18.0. The standard InChI is InChI=1S/C18H20N2O4S/c1-13-5-3-4-6-16(13)17-18(21)19-11-12-20(17)25(22,23)15-9-7-14(24-2)8-10-15/h3-10,17H,11-12H2,1-2H3,(H,19,21). The molecule has 2 aromatic carbocycles. The predicted molar refractivity (Wildman–Crippen MR) is 93.8 cm³/mol. The van der Waals surface area contributed by atoms with Crippen molar-refractivity contribution in [1.82, 2.24) is 9.62 Å². The van der Waals surface area contributed by atoms with Crippen molar-refractivity contribution in [2.24, 2.45) is 0 Å². The molecular weight excluding hydrogens is 340 g/mol. The smallest absolute Gasteiger partial charge is 0.244 e. The molecule has 1 saturated heterocycles. The number of carbonyl (C=O) groups excluding carboxylic acids is 1. The highest BCUT2D eigenvalue weighted by Gasteiger charge is 2.40. The monoisotopic (exact) mass is 360 g/mol. The van der Waals surface area contributed by atoms with Gasteiger partial charge >= 0.3 is 0 Å². The Morgan fingerprint density at radius 3 is 2.44 bits per heavy atom. The van der Waals surface area contributed by atoms with Gasteiger partial charge in [0.2, 0.25) is 15.9 Å². The molecule has 0 aromatic heterocycles. The van der Waals surface area contributed by atoms with Crippen molar-refractivity contribution >= 4 is 15.9 Å². The van der Waals surface area contributed by atoms with E-state index in [1.54, 1.807) is 18.2 Å². The molecule has 0 saturated carbocycles. The van der Waals surface area contributed by atoms with Crippen LogP contribution in [0.3, 0.4) is 0 Å². The average Bonchev–Trinajstić information content (AvgIpc) is 2.62. The van der Waals surface area contributed by atoms with Crippen LogP contribution >= 0.6 is 0 Å². The van der Waals surface area contributed by atoms with E-state index in [9.17, 15) is 13.2 Å². The maximum Gasteiger partial charge on any atom is 0.244 e. The number of sulfonamides is 1. The summed E-state index contributed by atoms with van der Waals surface area (Å²) in [6, 6.07) is 12.6. The molecule has 1 aliphatic heterocycles. The molecule has 1 fully saturated rings. The number of nitrogens with zero attached hydrogens (tertiary/aromatic N) is 1. The second kappa shape index (κ2) is 6.85. The number of ether oxygens (including phenoxy) is 1. The molecule has 25 heavy (non-hydrogen) atoms. The van der Waals surface area contributed by atoms with Gasteiger partial charge in [-0.1, -0.05) is 24.3 Å². The molecule has 6 nitrogen and oxygen atoms in total. The van der Waals surface area contributed by atoms with E-state index in [4.69, 9.17) is 4.74 Å². The Balaban J connectivity index is 2.05. The van der Waals surface area contributed by atoms with Crippen LogP contribution in [-0.4, -0.2) is 38.8 Å². The predicted octanol–water partition coefficient (Wildman–Crippen LogP) is 1.87. The minimum Gasteiger partial charge on any atom is -0.497 e. The molecule has 7 heteroatoms. The number of nitrogens with one attached hydrogen (secondary N) is 1. The fourth-order valence-electron chi connectivity index (χ4n) is 2.98. The highest BCUT2D eigenvalue weighted by Crippen LogP contribution is 2.31. The van der Waals surface area contributed by atoms with Gasteiger partial charge in [-0.2, -0.15) is 4.31 Å².